The number of hydrogen-bond acceptors (Lipinski definition) is 7. The Bertz CT molecular complexity index is 799. The van der Waals surface area contributed by atoms with Gasteiger partial charge in [-0.25, -0.2) is 14.6 Å². The largest absolute Gasteiger partial charge is 0.308 e. The Morgan fingerprint density at radius 1 is 1.17 bits per heavy atom. The van der Waals surface area contributed by atoms with Gasteiger partial charge in [0, 0.05) is 17.6 Å². The second kappa shape index (κ2) is 7.01. The molecule has 120 valence electrons. The molecule has 0 atom stereocenters. The maximum absolute atomic E-state index is 4.62. The molecule has 0 amide bonds. The highest BCUT2D eigenvalue weighted by atomic mass is 32.2. The summed E-state index contributed by atoms with van der Waals surface area (Å²) in [5.41, 5.74) is 1.97. The molecule has 0 N–H and O–H groups in total. The fraction of sp³-hybridized carbons (Fsp3) is 0.400. The molecule has 3 aromatic rings. The SMILES string of the molecule is Cc1nc(CSc2nnnn2CCN(C)C)nc2ccccc12. The normalized spacial score (nSPS) is 11.5. The highest BCUT2D eigenvalue weighted by Gasteiger charge is 2.10. The lowest BCUT2D eigenvalue weighted by atomic mass is 10.2. The quantitative estimate of drug-likeness (QED) is 0.638. The van der Waals surface area contributed by atoms with Crippen molar-refractivity contribution in [3.8, 4) is 0 Å². The van der Waals surface area contributed by atoms with Crippen molar-refractivity contribution in [2.45, 2.75) is 24.4 Å². The van der Waals surface area contributed by atoms with Crippen molar-refractivity contribution in [1.82, 2.24) is 35.1 Å². The van der Waals surface area contributed by atoms with Crippen LogP contribution in [0.15, 0.2) is 29.4 Å². The van der Waals surface area contributed by atoms with Crippen LogP contribution < -0.4 is 0 Å². The molecule has 1 aromatic carbocycles. The van der Waals surface area contributed by atoms with Gasteiger partial charge in [-0.15, -0.1) is 5.10 Å². The van der Waals surface area contributed by atoms with Gasteiger partial charge in [0.1, 0.15) is 5.82 Å². The zero-order valence-corrected chi connectivity index (χ0v) is 14.3. The second-order valence-corrected chi connectivity index (χ2v) is 6.46. The average Bonchev–Trinajstić information content (AvgIpc) is 2.98. The van der Waals surface area contributed by atoms with Crippen LogP contribution in [0.5, 0.6) is 0 Å². The molecule has 0 fully saturated rings. The molecule has 0 aliphatic carbocycles. The summed E-state index contributed by atoms with van der Waals surface area (Å²) in [5.74, 6) is 1.45. The summed E-state index contributed by atoms with van der Waals surface area (Å²) in [6.45, 7) is 3.67. The van der Waals surface area contributed by atoms with E-state index < -0.39 is 0 Å². The number of tetrazole rings is 1. The molecule has 7 nitrogen and oxygen atoms in total. The number of aryl methyl sites for hydroxylation is 1. The molecule has 3 rings (SSSR count). The number of rotatable bonds is 6. The summed E-state index contributed by atoms with van der Waals surface area (Å²) in [6, 6.07) is 8.06. The predicted octanol–water partition coefficient (Wildman–Crippen LogP) is 1.78. The van der Waals surface area contributed by atoms with Crippen molar-refractivity contribution in [3.63, 3.8) is 0 Å². The monoisotopic (exact) mass is 329 g/mol. The third kappa shape index (κ3) is 3.83. The first kappa shape index (κ1) is 15.8. The molecule has 0 bridgehead atoms. The van der Waals surface area contributed by atoms with Gasteiger partial charge in [-0.05, 0) is 37.5 Å². The van der Waals surface area contributed by atoms with Gasteiger partial charge >= 0.3 is 0 Å². The van der Waals surface area contributed by atoms with Crippen molar-refractivity contribution < 1.29 is 0 Å². The van der Waals surface area contributed by atoms with Crippen LogP contribution in [0.4, 0.5) is 0 Å². The van der Waals surface area contributed by atoms with E-state index in [1.807, 2.05) is 50.0 Å². The maximum atomic E-state index is 4.62. The van der Waals surface area contributed by atoms with Crippen molar-refractivity contribution >= 4 is 22.7 Å². The summed E-state index contributed by atoms with van der Waals surface area (Å²) in [6.07, 6.45) is 0. The number of thioether (sulfide) groups is 1. The van der Waals surface area contributed by atoms with Crippen molar-refractivity contribution in [3.05, 3.63) is 35.8 Å². The first-order chi connectivity index (χ1) is 11.1. The number of fused-ring (bicyclic) bond motifs is 1. The summed E-state index contributed by atoms with van der Waals surface area (Å²) in [4.78, 5) is 11.3. The Hall–Kier alpha value is -2.06. The van der Waals surface area contributed by atoms with E-state index in [0.29, 0.717) is 5.75 Å². The Morgan fingerprint density at radius 2 is 2.00 bits per heavy atom. The Balaban J connectivity index is 1.73. The van der Waals surface area contributed by atoms with E-state index in [9.17, 15) is 0 Å². The number of para-hydroxylation sites is 1. The van der Waals surface area contributed by atoms with Gasteiger partial charge in [0.05, 0.1) is 17.8 Å². The van der Waals surface area contributed by atoms with Crippen molar-refractivity contribution in [2.75, 3.05) is 20.6 Å². The van der Waals surface area contributed by atoms with Gasteiger partial charge in [0.15, 0.2) is 0 Å². The lowest BCUT2D eigenvalue weighted by Crippen LogP contribution is -2.19. The predicted molar refractivity (Wildman–Crippen MR) is 90.2 cm³/mol. The zero-order valence-electron chi connectivity index (χ0n) is 13.5. The number of aromatic nitrogens is 6. The molecule has 0 saturated heterocycles. The highest BCUT2D eigenvalue weighted by Crippen LogP contribution is 2.21. The number of nitrogens with zero attached hydrogens (tertiary/aromatic N) is 7. The van der Waals surface area contributed by atoms with Crippen LogP contribution in [0.1, 0.15) is 11.5 Å². The molecule has 0 unspecified atom stereocenters. The first-order valence-corrected chi connectivity index (χ1v) is 8.38. The van der Waals surface area contributed by atoms with Crippen LogP contribution in [0, 0.1) is 6.92 Å². The van der Waals surface area contributed by atoms with Crippen LogP contribution in [0.25, 0.3) is 10.9 Å². The van der Waals surface area contributed by atoms with E-state index in [0.717, 1.165) is 40.7 Å². The molecule has 0 aliphatic heterocycles. The van der Waals surface area contributed by atoms with E-state index in [2.05, 4.69) is 30.4 Å². The van der Waals surface area contributed by atoms with Gasteiger partial charge in [0.2, 0.25) is 5.16 Å². The standard InChI is InChI=1S/C15H19N7S/c1-11-12-6-4-5-7-13(12)17-14(16-11)10-23-15-18-19-20-22(15)9-8-21(2)3/h4-7H,8-10H2,1-3H3. The third-order valence-corrected chi connectivity index (χ3v) is 4.38. The Kier molecular flexibility index (Phi) is 4.82. The Morgan fingerprint density at radius 3 is 2.83 bits per heavy atom. The average molecular weight is 329 g/mol. The molecule has 23 heavy (non-hydrogen) atoms. The smallest absolute Gasteiger partial charge is 0.209 e. The van der Waals surface area contributed by atoms with Crippen LogP contribution >= 0.6 is 11.8 Å². The van der Waals surface area contributed by atoms with Crippen LogP contribution in [-0.2, 0) is 12.3 Å². The minimum Gasteiger partial charge on any atom is -0.308 e. The highest BCUT2D eigenvalue weighted by molar-refractivity contribution is 7.98. The molecular formula is C15H19N7S. The molecule has 2 heterocycles. The summed E-state index contributed by atoms with van der Waals surface area (Å²) >= 11 is 1.56. The molecular weight excluding hydrogens is 310 g/mol. The second-order valence-electron chi connectivity index (χ2n) is 5.52. The fourth-order valence-electron chi connectivity index (χ4n) is 2.22. The van der Waals surface area contributed by atoms with E-state index in [-0.39, 0.29) is 0 Å². The van der Waals surface area contributed by atoms with Crippen LogP contribution in [0.3, 0.4) is 0 Å². The van der Waals surface area contributed by atoms with E-state index in [4.69, 9.17) is 0 Å². The topological polar surface area (TPSA) is 72.6 Å². The number of likely N-dealkylation sites (N-methyl/N-ethyl adjacent to an activating group) is 1. The lowest BCUT2D eigenvalue weighted by molar-refractivity contribution is 0.361. The zero-order chi connectivity index (χ0) is 16.2. The molecule has 8 heteroatoms. The molecule has 0 aliphatic rings. The van der Waals surface area contributed by atoms with Crippen LogP contribution in [-0.4, -0.2) is 55.7 Å². The first-order valence-electron chi connectivity index (χ1n) is 7.39. The summed E-state index contributed by atoms with van der Waals surface area (Å²) < 4.78 is 1.82. The van der Waals surface area contributed by atoms with E-state index in [1.165, 1.54) is 0 Å². The lowest BCUT2D eigenvalue weighted by Gasteiger charge is -2.09. The van der Waals surface area contributed by atoms with Crippen molar-refractivity contribution in [2.24, 2.45) is 0 Å². The van der Waals surface area contributed by atoms with Gasteiger partial charge in [0.25, 0.3) is 0 Å². The van der Waals surface area contributed by atoms with Gasteiger partial charge < -0.3 is 4.90 Å². The minimum absolute atomic E-state index is 0.647. The summed E-state index contributed by atoms with van der Waals surface area (Å²) in [5, 5.41) is 13.8. The van der Waals surface area contributed by atoms with Crippen LogP contribution in [0.2, 0.25) is 0 Å². The maximum Gasteiger partial charge on any atom is 0.209 e. The van der Waals surface area contributed by atoms with E-state index in [1.54, 1.807) is 11.8 Å². The van der Waals surface area contributed by atoms with Gasteiger partial charge in [-0.1, -0.05) is 30.0 Å². The van der Waals surface area contributed by atoms with Gasteiger partial charge in [-0.2, -0.15) is 0 Å². The molecule has 0 spiro atoms. The summed E-state index contributed by atoms with van der Waals surface area (Å²) in [7, 11) is 4.06. The fourth-order valence-corrected chi connectivity index (χ4v) is 2.98. The van der Waals surface area contributed by atoms with Crippen molar-refractivity contribution in [1.29, 1.82) is 0 Å². The molecule has 0 radical (unpaired) electrons. The number of benzene rings is 1. The van der Waals surface area contributed by atoms with Gasteiger partial charge in [-0.3, -0.25) is 0 Å². The number of hydrogen-bond donors (Lipinski definition) is 0. The van der Waals surface area contributed by atoms with E-state index >= 15 is 0 Å². The molecule has 2 aromatic heterocycles. The molecule has 0 saturated carbocycles. The third-order valence-electron chi connectivity index (χ3n) is 3.43. The minimum atomic E-state index is 0.647. The Labute approximate surface area is 139 Å².